The summed E-state index contributed by atoms with van der Waals surface area (Å²) in [7, 11) is 0. The van der Waals surface area contributed by atoms with Gasteiger partial charge in [0.25, 0.3) is 0 Å². The monoisotopic (exact) mass is 308 g/mol. The number of benzene rings is 1. The Hall–Kier alpha value is -2.00. The van der Waals surface area contributed by atoms with E-state index < -0.39 is 30.2 Å². The van der Waals surface area contributed by atoms with Gasteiger partial charge < -0.3 is 26.0 Å². The van der Waals surface area contributed by atoms with Crippen molar-refractivity contribution in [1.29, 1.82) is 0 Å². The van der Waals surface area contributed by atoms with Crippen molar-refractivity contribution in [2.24, 2.45) is 0 Å². The van der Waals surface area contributed by atoms with Gasteiger partial charge in [-0.2, -0.15) is 0 Å². The Kier molecular flexibility index (Phi) is 5.39. The molecule has 0 bridgehead atoms. The maximum absolute atomic E-state index is 12.1. The number of nitrogens with two attached hydrogens (primary N) is 1. The molecule has 0 aliphatic carbocycles. The Morgan fingerprint density at radius 2 is 2.05 bits per heavy atom. The quantitative estimate of drug-likeness (QED) is 0.599. The van der Waals surface area contributed by atoms with E-state index in [2.05, 4.69) is 10.1 Å². The number of carbonyl (C=O) groups is 1. The molecule has 9 heteroatoms. The second-order valence-corrected chi connectivity index (χ2v) is 4.29. The smallest absolute Gasteiger partial charge is 0.406 e. The predicted octanol–water partition coefficient (Wildman–Crippen LogP) is 0.698. The molecule has 0 aliphatic rings. The van der Waals surface area contributed by atoms with Gasteiger partial charge in [-0.1, -0.05) is 0 Å². The highest BCUT2D eigenvalue weighted by Crippen LogP contribution is 2.30. The third-order valence-corrected chi connectivity index (χ3v) is 2.54. The summed E-state index contributed by atoms with van der Waals surface area (Å²) in [6, 6.07) is 2.98. The molecule has 1 aromatic rings. The fraction of sp³-hybridized carbons (Fsp3) is 0.417. The zero-order valence-electron chi connectivity index (χ0n) is 11.0. The molecular formula is C12H15F3N2O4. The molecule has 0 spiro atoms. The van der Waals surface area contributed by atoms with Gasteiger partial charge in [-0.3, -0.25) is 4.79 Å². The van der Waals surface area contributed by atoms with Crippen LogP contribution in [0.1, 0.15) is 18.6 Å². The zero-order chi connectivity index (χ0) is 16.2. The summed E-state index contributed by atoms with van der Waals surface area (Å²) in [6.07, 6.45) is -7.89. The standard InChI is InChI=1S/C12H15F3N2O4/c1-6(18)17-5-10(19)11(20)8-4-7(2-3-9(8)16)21-12(13,14)15/h2-4,10-11,19-20H,5,16H2,1H3,(H,17,18). The van der Waals surface area contributed by atoms with E-state index in [1.165, 1.54) is 6.92 Å². The van der Waals surface area contributed by atoms with Crippen molar-refractivity contribution >= 4 is 11.6 Å². The molecule has 1 aromatic carbocycles. The largest absolute Gasteiger partial charge is 0.573 e. The van der Waals surface area contributed by atoms with E-state index in [1.54, 1.807) is 0 Å². The minimum Gasteiger partial charge on any atom is -0.406 e. The first-order valence-electron chi connectivity index (χ1n) is 5.86. The summed E-state index contributed by atoms with van der Waals surface area (Å²) in [4.78, 5) is 10.7. The number of rotatable bonds is 5. The van der Waals surface area contributed by atoms with Crippen molar-refractivity contribution in [2.45, 2.75) is 25.5 Å². The Balaban J connectivity index is 2.89. The molecule has 118 valence electrons. The summed E-state index contributed by atoms with van der Waals surface area (Å²) in [5.41, 5.74) is 5.41. The molecule has 6 nitrogen and oxygen atoms in total. The maximum atomic E-state index is 12.1. The molecule has 1 amide bonds. The van der Waals surface area contributed by atoms with Crippen LogP contribution in [0, 0.1) is 0 Å². The summed E-state index contributed by atoms with van der Waals surface area (Å²) in [6.45, 7) is 0.936. The highest BCUT2D eigenvalue weighted by atomic mass is 19.4. The van der Waals surface area contributed by atoms with Crippen molar-refractivity contribution in [1.82, 2.24) is 5.32 Å². The zero-order valence-corrected chi connectivity index (χ0v) is 11.0. The lowest BCUT2D eigenvalue weighted by Crippen LogP contribution is -2.34. The lowest BCUT2D eigenvalue weighted by molar-refractivity contribution is -0.274. The second kappa shape index (κ2) is 6.64. The molecule has 2 unspecified atom stereocenters. The average Bonchev–Trinajstić information content (AvgIpc) is 2.35. The van der Waals surface area contributed by atoms with E-state index in [9.17, 15) is 28.2 Å². The minimum absolute atomic E-state index is 0.0149. The number of halogens is 3. The lowest BCUT2D eigenvalue weighted by Gasteiger charge is -2.20. The summed E-state index contributed by atoms with van der Waals surface area (Å²) in [5, 5.41) is 21.8. The van der Waals surface area contributed by atoms with E-state index in [-0.39, 0.29) is 17.8 Å². The molecule has 1 rings (SSSR count). The Bertz CT molecular complexity index is 508. The van der Waals surface area contributed by atoms with Gasteiger partial charge in [0.05, 0.1) is 0 Å². The molecule has 0 heterocycles. The maximum Gasteiger partial charge on any atom is 0.573 e. The number of aliphatic hydroxyl groups is 2. The molecule has 2 atom stereocenters. The number of nitrogen functional groups attached to an aromatic ring is 1. The van der Waals surface area contributed by atoms with Gasteiger partial charge >= 0.3 is 6.36 Å². The second-order valence-electron chi connectivity index (χ2n) is 4.29. The molecule has 0 fully saturated rings. The fourth-order valence-corrected chi connectivity index (χ4v) is 1.57. The van der Waals surface area contributed by atoms with Gasteiger partial charge in [-0.15, -0.1) is 13.2 Å². The van der Waals surface area contributed by atoms with Crippen LogP contribution in [0.15, 0.2) is 18.2 Å². The van der Waals surface area contributed by atoms with Gasteiger partial charge in [-0.05, 0) is 18.2 Å². The highest BCUT2D eigenvalue weighted by molar-refractivity contribution is 5.72. The summed E-state index contributed by atoms with van der Waals surface area (Å²) in [5.74, 6) is -0.999. The van der Waals surface area contributed by atoms with Gasteiger partial charge in [0.15, 0.2) is 0 Å². The number of carbonyl (C=O) groups excluding carboxylic acids is 1. The lowest BCUT2D eigenvalue weighted by atomic mass is 10.0. The first-order valence-corrected chi connectivity index (χ1v) is 5.86. The third-order valence-electron chi connectivity index (χ3n) is 2.54. The number of hydrogen-bond acceptors (Lipinski definition) is 5. The number of amides is 1. The first-order chi connectivity index (χ1) is 9.60. The number of ether oxygens (including phenoxy) is 1. The van der Waals surface area contributed by atoms with Crippen LogP contribution >= 0.6 is 0 Å². The van der Waals surface area contributed by atoms with E-state index in [4.69, 9.17) is 5.73 Å². The van der Waals surface area contributed by atoms with Crippen molar-refractivity contribution in [2.75, 3.05) is 12.3 Å². The fourth-order valence-electron chi connectivity index (χ4n) is 1.57. The molecule has 0 aromatic heterocycles. The number of alkyl halides is 3. The number of anilines is 1. The summed E-state index contributed by atoms with van der Waals surface area (Å²) < 4.78 is 40.1. The highest BCUT2D eigenvalue weighted by Gasteiger charge is 2.31. The van der Waals surface area contributed by atoms with Gasteiger partial charge in [0, 0.05) is 24.7 Å². The van der Waals surface area contributed by atoms with Crippen LogP contribution in [0.4, 0.5) is 18.9 Å². The van der Waals surface area contributed by atoms with Crippen LogP contribution in [0.25, 0.3) is 0 Å². The molecule has 0 saturated heterocycles. The molecular weight excluding hydrogens is 293 g/mol. The van der Waals surface area contributed by atoms with Crippen LogP contribution in [-0.2, 0) is 4.79 Å². The van der Waals surface area contributed by atoms with Crippen LogP contribution < -0.4 is 15.8 Å². The van der Waals surface area contributed by atoms with E-state index >= 15 is 0 Å². The van der Waals surface area contributed by atoms with Crippen LogP contribution in [-0.4, -0.2) is 35.1 Å². The molecule has 5 N–H and O–H groups in total. The van der Waals surface area contributed by atoms with Crippen LogP contribution in [0.2, 0.25) is 0 Å². The average molecular weight is 308 g/mol. The molecule has 0 saturated carbocycles. The van der Waals surface area contributed by atoms with E-state index in [0.29, 0.717) is 0 Å². The minimum atomic E-state index is -4.88. The normalized spacial score (nSPS) is 14.4. The Morgan fingerprint density at radius 3 is 2.57 bits per heavy atom. The number of aliphatic hydroxyl groups excluding tert-OH is 2. The van der Waals surface area contributed by atoms with Gasteiger partial charge in [-0.25, -0.2) is 0 Å². The van der Waals surface area contributed by atoms with Crippen molar-refractivity contribution in [3.63, 3.8) is 0 Å². The number of hydrogen-bond donors (Lipinski definition) is 4. The number of nitrogens with one attached hydrogen (secondary N) is 1. The van der Waals surface area contributed by atoms with Crippen LogP contribution in [0.3, 0.4) is 0 Å². The molecule has 0 radical (unpaired) electrons. The Morgan fingerprint density at radius 1 is 1.43 bits per heavy atom. The van der Waals surface area contributed by atoms with E-state index in [0.717, 1.165) is 18.2 Å². The van der Waals surface area contributed by atoms with Crippen molar-refractivity contribution in [3.8, 4) is 5.75 Å². The van der Waals surface area contributed by atoms with Gasteiger partial charge in [0.1, 0.15) is 18.0 Å². The topological polar surface area (TPSA) is 105 Å². The molecule has 0 aliphatic heterocycles. The first kappa shape index (κ1) is 17.1. The third kappa shape index (κ3) is 5.48. The van der Waals surface area contributed by atoms with E-state index in [1.807, 2.05) is 0 Å². The van der Waals surface area contributed by atoms with Gasteiger partial charge in [0.2, 0.25) is 5.91 Å². The summed E-state index contributed by atoms with van der Waals surface area (Å²) >= 11 is 0. The predicted molar refractivity (Wildman–Crippen MR) is 67.2 cm³/mol. The Labute approximate surface area is 118 Å². The SMILES string of the molecule is CC(=O)NCC(O)C(O)c1cc(OC(F)(F)F)ccc1N. The van der Waals surface area contributed by atoms with Crippen molar-refractivity contribution < 1.29 is 32.9 Å². The van der Waals surface area contributed by atoms with Crippen LogP contribution in [0.5, 0.6) is 5.75 Å². The van der Waals surface area contributed by atoms with Crippen molar-refractivity contribution in [3.05, 3.63) is 23.8 Å². The molecule has 21 heavy (non-hydrogen) atoms.